The molecule has 0 saturated carbocycles. The van der Waals surface area contributed by atoms with Gasteiger partial charge in [-0.15, -0.1) is 0 Å². The zero-order valence-electron chi connectivity index (χ0n) is 20.4. The van der Waals surface area contributed by atoms with Crippen LogP contribution in [-0.4, -0.2) is 54.2 Å². The van der Waals surface area contributed by atoms with Crippen LogP contribution in [-0.2, 0) is 28.2 Å². The standard InChI is InChI=1S/C25H36O6SSi/c1-24(2,3)33(20-13-9-7-10-14-20,21-15-11-8-12-16-21)31-22(17-18-29-32(6,26)27)23-19-28-25(4,5)30-23/h7-16,22-23H,17-19H2,1-6H3/t22-,23-/m1/s1. The third-order valence-corrected chi connectivity index (χ3v) is 11.5. The van der Waals surface area contributed by atoms with Gasteiger partial charge in [-0.2, -0.15) is 8.42 Å². The second kappa shape index (κ2) is 9.97. The summed E-state index contributed by atoms with van der Waals surface area (Å²) in [6.45, 7) is 10.8. The fourth-order valence-electron chi connectivity index (χ4n) is 4.45. The Hall–Kier alpha value is -1.55. The van der Waals surface area contributed by atoms with Crippen molar-refractivity contribution in [2.75, 3.05) is 19.5 Å². The van der Waals surface area contributed by atoms with E-state index in [1.807, 2.05) is 50.2 Å². The smallest absolute Gasteiger partial charge is 0.264 e. The Morgan fingerprint density at radius 2 is 1.55 bits per heavy atom. The third-order valence-electron chi connectivity index (χ3n) is 5.89. The van der Waals surface area contributed by atoms with Crippen LogP contribution in [0.5, 0.6) is 0 Å². The molecule has 0 radical (unpaired) electrons. The SMILES string of the molecule is CC1(C)OC[C@H]([C@@H](CCOS(C)(=O)=O)O[Si](c2ccccc2)(c2ccccc2)C(C)(C)C)O1. The largest absolute Gasteiger partial charge is 0.402 e. The van der Waals surface area contributed by atoms with E-state index in [4.69, 9.17) is 18.1 Å². The molecule has 3 rings (SSSR count). The maximum absolute atomic E-state index is 11.6. The monoisotopic (exact) mass is 492 g/mol. The Bertz CT molecular complexity index is 963. The highest BCUT2D eigenvalue weighted by Gasteiger charge is 2.53. The molecule has 0 amide bonds. The molecule has 1 heterocycles. The van der Waals surface area contributed by atoms with Gasteiger partial charge < -0.3 is 13.9 Å². The van der Waals surface area contributed by atoms with Crippen LogP contribution in [0.15, 0.2) is 60.7 Å². The highest BCUT2D eigenvalue weighted by Crippen LogP contribution is 2.39. The van der Waals surface area contributed by atoms with Gasteiger partial charge in [0.25, 0.3) is 18.4 Å². The molecule has 0 N–H and O–H groups in total. The van der Waals surface area contributed by atoms with Gasteiger partial charge in [-0.25, -0.2) is 0 Å². The quantitative estimate of drug-likeness (QED) is 0.394. The van der Waals surface area contributed by atoms with Crippen molar-refractivity contribution >= 4 is 28.8 Å². The minimum Gasteiger partial charge on any atom is -0.402 e. The fourth-order valence-corrected chi connectivity index (χ4v) is 9.59. The first kappa shape index (κ1) is 26.1. The van der Waals surface area contributed by atoms with Gasteiger partial charge >= 0.3 is 0 Å². The second-order valence-corrected chi connectivity index (χ2v) is 15.9. The van der Waals surface area contributed by atoms with Gasteiger partial charge in [0.2, 0.25) is 0 Å². The molecule has 182 valence electrons. The molecule has 33 heavy (non-hydrogen) atoms. The highest BCUT2D eigenvalue weighted by molar-refractivity contribution is 7.85. The lowest BCUT2D eigenvalue weighted by Crippen LogP contribution is -2.68. The number of ether oxygens (including phenoxy) is 2. The zero-order chi connectivity index (χ0) is 24.3. The van der Waals surface area contributed by atoms with Gasteiger partial charge in [-0.1, -0.05) is 81.4 Å². The van der Waals surface area contributed by atoms with Crippen molar-refractivity contribution in [3.05, 3.63) is 60.7 Å². The van der Waals surface area contributed by atoms with Crippen LogP contribution >= 0.6 is 0 Å². The predicted molar refractivity (Wildman–Crippen MR) is 133 cm³/mol. The summed E-state index contributed by atoms with van der Waals surface area (Å²) in [6, 6.07) is 20.7. The van der Waals surface area contributed by atoms with Crippen LogP contribution in [0.25, 0.3) is 0 Å². The van der Waals surface area contributed by atoms with E-state index in [1.54, 1.807) is 0 Å². The number of hydrogen-bond donors (Lipinski definition) is 0. The summed E-state index contributed by atoms with van der Waals surface area (Å²) in [5.74, 6) is -0.727. The fraction of sp³-hybridized carbons (Fsp3) is 0.520. The van der Waals surface area contributed by atoms with Gasteiger partial charge in [-0.3, -0.25) is 4.18 Å². The van der Waals surface area contributed by atoms with Gasteiger partial charge in [0.1, 0.15) is 6.10 Å². The van der Waals surface area contributed by atoms with Crippen molar-refractivity contribution in [1.29, 1.82) is 0 Å². The molecule has 0 aromatic heterocycles. The van der Waals surface area contributed by atoms with Crippen LogP contribution in [0.1, 0.15) is 41.0 Å². The van der Waals surface area contributed by atoms with Crippen molar-refractivity contribution in [3.63, 3.8) is 0 Å². The average Bonchev–Trinajstić information content (AvgIpc) is 3.10. The molecule has 0 aliphatic carbocycles. The van der Waals surface area contributed by atoms with Crippen LogP contribution in [0.3, 0.4) is 0 Å². The second-order valence-electron chi connectivity index (χ2n) is 10.0. The molecule has 1 saturated heterocycles. The van der Waals surface area contributed by atoms with Gasteiger partial charge in [0.15, 0.2) is 5.79 Å². The lowest BCUT2D eigenvalue weighted by atomic mass is 10.1. The summed E-state index contributed by atoms with van der Waals surface area (Å²) < 4.78 is 47.6. The zero-order valence-corrected chi connectivity index (χ0v) is 22.2. The molecule has 2 aromatic rings. The Morgan fingerprint density at radius 1 is 1.03 bits per heavy atom. The lowest BCUT2D eigenvalue weighted by molar-refractivity contribution is -0.150. The average molecular weight is 493 g/mol. The summed E-state index contributed by atoms with van der Waals surface area (Å²) in [4.78, 5) is 0. The minimum absolute atomic E-state index is 0.0159. The van der Waals surface area contributed by atoms with Gasteiger partial charge in [0, 0.05) is 0 Å². The Balaban J connectivity index is 2.08. The Kier molecular flexibility index (Phi) is 7.88. The van der Waals surface area contributed by atoms with Gasteiger partial charge in [0.05, 0.1) is 25.6 Å². The van der Waals surface area contributed by atoms with E-state index < -0.39 is 30.3 Å². The molecule has 1 aliphatic rings. The first-order chi connectivity index (χ1) is 15.3. The Morgan fingerprint density at radius 3 is 1.94 bits per heavy atom. The van der Waals surface area contributed by atoms with E-state index >= 15 is 0 Å². The first-order valence-corrected chi connectivity index (χ1v) is 15.0. The van der Waals surface area contributed by atoms with E-state index in [9.17, 15) is 8.42 Å². The maximum Gasteiger partial charge on any atom is 0.264 e. The number of rotatable bonds is 9. The normalized spacial score (nSPS) is 20.0. The van der Waals surface area contributed by atoms with Crippen LogP contribution < -0.4 is 10.4 Å². The van der Waals surface area contributed by atoms with E-state index in [0.717, 1.165) is 16.6 Å². The molecule has 0 spiro atoms. The molecule has 1 fully saturated rings. The van der Waals surface area contributed by atoms with Crippen LogP contribution in [0.4, 0.5) is 0 Å². The van der Waals surface area contributed by atoms with E-state index in [1.165, 1.54) is 0 Å². The summed E-state index contributed by atoms with van der Waals surface area (Å²) in [5, 5.41) is 2.08. The van der Waals surface area contributed by atoms with Crippen molar-refractivity contribution in [2.45, 2.75) is 64.1 Å². The van der Waals surface area contributed by atoms with Crippen LogP contribution in [0, 0.1) is 0 Å². The summed E-state index contributed by atoms with van der Waals surface area (Å²) in [5.41, 5.74) is 0. The third kappa shape index (κ3) is 6.32. The van der Waals surface area contributed by atoms with E-state index in [2.05, 4.69) is 45.0 Å². The topological polar surface area (TPSA) is 71.1 Å². The first-order valence-electron chi connectivity index (χ1n) is 11.3. The number of benzene rings is 2. The highest BCUT2D eigenvalue weighted by atomic mass is 32.2. The molecule has 0 bridgehead atoms. The Labute approximate surface area is 199 Å². The molecular formula is C25H36O6SSi. The predicted octanol–water partition coefficient (Wildman–Crippen LogP) is 3.45. The van der Waals surface area contributed by atoms with E-state index in [-0.39, 0.29) is 17.7 Å². The molecular weight excluding hydrogens is 456 g/mol. The van der Waals surface area contributed by atoms with Crippen LogP contribution in [0.2, 0.25) is 5.04 Å². The van der Waals surface area contributed by atoms with Crippen molar-refractivity contribution in [1.82, 2.24) is 0 Å². The van der Waals surface area contributed by atoms with Gasteiger partial charge in [-0.05, 0) is 35.7 Å². The molecule has 2 aromatic carbocycles. The van der Waals surface area contributed by atoms with E-state index in [0.29, 0.717) is 13.0 Å². The molecule has 8 heteroatoms. The molecule has 6 nitrogen and oxygen atoms in total. The summed E-state index contributed by atoms with van der Waals surface area (Å²) >= 11 is 0. The maximum atomic E-state index is 11.6. The molecule has 0 unspecified atom stereocenters. The molecule has 2 atom stereocenters. The van der Waals surface area contributed by atoms with Crippen molar-refractivity contribution in [2.24, 2.45) is 0 Å². The van der Waals surface area contributed by atoms with Crippen molar-refractivity contribution < 1.29 is 26.5 Å². The summed E-state index contributed by atoms with van der Waals surface area (Å²) in [6.07, 6.45) is 0.662. The summed E-state index contributed by atoms with van der Waals surface area (Å²) in [7, 11) is -6.42. The molecule has 1 aliphatic heterocycles. The number of hydrogen-bond acceptors (Lipinski definition) is 6. The minimum atomic E-state index is -3.56. The lowest BCUT2D eigenvalue weighted by Gasteiger charge is -2.46. The van der Waals surface area contributed by atoms with Crippen molar-refractivity contribution in [3.8, 4) is 0 Å².